The summed E-state index contributed by atoms with van der Waals surface area (Å²) in [5, 5.41) is 6.60. The number of thiocarbonyl (C=S) groups is 1. The highest BCUT2D eigenvalue weighted by atomic mass is 35.5. The van der Waals surface area contributed by atoms with E-state index >= 15 is 0 Å². The smallest absolute Gasteiger partial charge is 0.344 e. The van der Waals surface area contributed by atoms with Crippen LogP contribution in [0.25, 0.3) is 0 Å². The summed E-state index contributed by atoms with van der Waals surface area (Å²) < 4.78 is 20.9. The fourth-order valence-electron chi connectivity index (χ4n) is 2.79. The second kappa shape index (κ2) is 10.3. The maximum absolute atomic E-state index is 12.5. The largest absolute Gasteiger partial charge is 0.493 e. The van der Waals surface area contributed by atoms with Crippen molar-refractivity contribution in [2.75, 3.05) is 26.9 Å². The zero-order valence-corrected chi connectivity index (χ0v) is 18.2. The van der Waals surface area contributed by atoms with Crippen LogP contribution in [0.15, 0.2) is 23.4 Å². The van der Waals surface area contributed by atoms with Gasteiger partial charge in [0.2, 0.25) is 0 Å². The molecule has 0 fully saturated rings. The van der Waals surface area contributed by atoms with Crippen LogP contribution in [0.3, 0.4) is 0 Å². The molecule has 1 aliphatic heterocycles. The van der Waals surface area contributed by atoms with Crippen LogP contribution in [-0.4, -0.2) is 44.0 Å². The van der Waals surface area contributed by atoms with Gasteiger partial charge in [0, 0.05) is 17.3 Å². The van der Waals surface area contributed by atoms with E-state index in [0.717, 1.165) is 0 Å². The van der Waals surface area contributed by atoms with E-state index in [4.69, 9.17) is 42.8 Å². The van der Waals surface area contributed by atoms with Gasteiger partial charge in [-0.2, -0.15) is 0 Å². The number of halogens is 1. The van der Waals surface area contributed by atoms with Crippen molar-refractivity contribution >= 4 is 40.9 Å². The highest BCUT2D eigenvalue weighted by Gasteiger charge is 2.33. The summed E-state index contributed by atoms with van der Waals surface area (Å²) in [6.07, 6.45) is 0. The molecule has 0 spiro atoms. The van der Waals surface area contributed by atoms with E-state index < -0.39 is 18.0 Å². The van der Waals surface area contributed by atoms with E-state index in [0.29, 0.717) is 32.7 Å². The summed E-state index contributed by atoms with van der Waals surface area (Å²) in [6, 6.07) is 2.49. The van der Waals surface area contributed by atoms with Gasteiger partial charge >= 0.3 is 11.9 Å². The average molecular weight is 443 g/mol. The number of ether oxygens (including phenoxy) is 4. The number of carbonyl (C=O) groups excluding carboxylic acids is 2. The SMILES string of the molecule is CCOC(=O)COc1cc(Cl)c([C@@H]2NC(=S)NC(C)=C2C(=O)OCC)cc1OC. The van der Waals surface area contributed by atoms with Crippen molar-refractivity contribution in [2.45, 2.75) is 26.8 Å². The summed E-state index contributed by atoms with van der Waals surface area (Å²) >= 11 is 11.7. The fourth-order valence-corrected chi connectivity index (χ4v) is 3.32. The molecule has 0 bridgehead atoms. The molecule has 1 aliphatic rings. The summed E-state index contributed by atoms with van der Waals surface area (Å²) in [5.41, 5.74) is 1.46. The molecule has 0 amide bonds. The third-order valence-corrected chi connectivity index (χ3v) is 4.56. The number of rotatable bonds is 8. The maximum atomic E-state index is 12.5. The molecule has 0 unspecified atom stereocenters. The van der Waals surface area contributed by atoms with E-state index in [1.165, 1.54) is 13.2 Å². The molecule has 10 heteroatoms. The topological polar surface area (TPSA) is 95.1 Å². The lowest BCUT2D eigenvalue weighted by Crippen LogP contribution is -2.45. The zero-order chi connectivity index (χ0) is 21.6. The molecule has 1 aromatic rings. The average Bonchev–Trinajstić information content (AvgIpc) is 2.66. The second-order valence-electron chi connectivity index (χ2n) is 5.91. The van der Waals surface area contributed by atoms with E-state index in [1.54, 1.807) is 26.8 Å². The minimum atomic E-state index is -0.650. The van der Waals surface area contributed by atoms with Crippen LogP contribution >= 0.6 is 23.8 Å². The molecular formula is C19H23ClN2O6S. The van der Waals surface area contributed by atoms with Crippen LogP contribution in [0.4, 0.5) is 0 Å². The third kappa shape index (κ3) is 5.51. The molecule has 158 valence electrons. The van der Waals surface area contributed by atoms with Crippen molar-refractivity contribution in [2.24, 2.45) is 0 Å². The third-order valence-electron chi connectivity index (χ3n) is 4.01. The van der Waals surface area contributed by atoms with Crippen molar-refractivity contribution in [3.8, 4) is 11.5 Å². The normalized spacial score (nSPS) is 15.9. The Labute approximate surface area is 179 Å². The van der Waals surface area contributed by atoms with Gasteiger partial charge in [-0.1, -0.05) is 11.6 Å². The first-order valence-electron chi connectivity index (χ1n) is 8.93. The summed E-state index contributed by atoms with van der Waals surface area (Å²) in [4.78, 5) is 24.1. The van der Waals surface area contributed by atoms with Gasteiger partial charge in [-0.25, -0.2) is 9.59 Å². The molecule has 1 atom stereocenters. The molecule has 0 radical (unpaired) electrons. The summed E-state index contributed by atoms with van der Waals surface area (Å²) in [7, 11) is 1.46. The molecule has 1 aromatic carbocycles. The number of carbonyl (C=O) groups is 2. The van der Waals surface area contributed by atoms with Gasteiger partial charge in [-0.05, 0) is 39.1 Å². The first-order valence-corrected chi connectivity index (χ1v) is 9.72. The molecule has 0 aliphatic carbocycles. The molecule has 1 heterocycles. The van der Waals surface area contributed by atoms with Crippen LogP contribution in [0.1, 0.15) is 32.4 Å². The van der Waals surface area contributed by atoms with Gasteiger partial charge < -0.3 is 29.6 Å². The predicted octanol–water partition coefficient (Wildman–Crippen LogP) is 2.65. The Bertz CT molecular complexity index is 842. The summed E-state index contributed by atoms with van der Waals surface area (Å²) in [6.45, 7) is 5.35. The molecule has 29 heavy (non-hydrogen) atoms. The lowest BCUT2D eigenvalue weighted by Gasteiger charge is -2.30. The fraction of sp³-hybridized carbons (Fsp3) is 0.421. The molecule has 0 saturated carbocycles. The second-order valence-corrected chi connectivity index (χ2v) is 6.72. The number of nitrogens with one attached hydrogen (secondary N) is 2. The Balaban J connectivity index is 2.42. The van der Waals surface area contributed by atoms with Crippen molar-refractivity contribution < 1.29 is 28.5 Å². The van der Waals surface area contributed by atoms with Crippen molar-refractivity contribution in [3.63, 3.8) is 0 Å². The van der Waals surface area contributed by atoms with Crippen LogP contribution < -0.4 is 20.1 Å². The maximum Gasteiger partial charge on any atom is 0.344 e. The number of hydrogen-bond donors (Lipinski definition) is 2. The first-order chi connectivity index (χ1) is 13.8. The Morgan fingerprint density at radius 1 is 1.17 bits per heavy atom. The Morgan fingerprint density at radius 2 is 1.86 bits per heavy atom. The van der Waals surface area contributed by atoms with Crippen molar-refractivity contribution in [1.29, 1.82) is 0 Å². The number of hydrogen-bond acceptors (Lipinski definition) is 7. The van der Waals surface area contributed by atoms with Gasteiger partial charge in [-0.3, -0.25) is 0 Å². The van der Waals surface area contributed by atoms with Gasteiger partial charge in [0.1, 0.15) is 0 Å². The number of allylic oxidation sites excluding steroid dienone is 1. The lowest BCUT2D eigenvalue weighted by molar-refractivity contribution is -0.145. The summed E-state index contributed by atoms with van der Waals surface area (Å²) in [5.74, 6) is -0.400. The van der Waals surface area contributed by atoms with E-state index in [9.17, 15) is 9.59 Å². The van der Waals surface area contributed by atoms with E-state index in [-0.39, 0.29) is 25.6 Å². The zero-order valence-electron chi connectivity index (χ0n) is 16.6. The van der Waals surface area contributed by atoms with Crippen LogP contribution in [-0.2, 0) is 19.1 Å². The van der Waals surface area contributed by atoms with Crippen LogP contribution in [0.2, 0.25) is 5.02 Å². The van der Waals surface area contributed by atoms with Crippen LogP contribution in [0, 0.1) is 0 Å². The number of esters is 2. The predicted molar refractivity (Wildman–Crippen MR) is 111 cm³/mol. The minimum absolute atomic E-state index is 0.227. The van der Waals surface area contributed by atoms with Crippen molar-refractivity contribution in [1.82, 2.24) is 10.6 Å². The highest BCUT2D eigenvalue weighted by molar-refractivity contribution is 7.80. The quantitative estimate of drug-likeness (QED) is 0.465. The highest BCUT2D eigenvalue weighted by Crippen LogP contribution is 2.39. The van der Waals surface area contributed by atoms with Crippen molar-refractivity contribution in [3.05, 3.63) is 34.0 Å². The lowest BCUT2D eigenvalue weighted by atomic mass is 9.95. The molecule has 0 saturated heterocycles. The molecule has 8 nitrogen and oxygen atoms in total. The van der Waals surface area contributed by atoms with Gasteiger partial charge in [-0.15, -0.1) is 0 Å². The first kappa shape index (κ1) is 22.8. The number of methoxy groups -OCH3 is 1. The minimum Gasteiger partial charge on any atom is -0.493 e. The van der Waals surface area contributed by atoms with Gasteiger partial charge in [0.05, 0.1) is 37.0 Å². The molecular weight excluding hydrogens is 420 g/mol. The van der Waals surface area contributed by atoms with E-state index in [2.05, 4.69) is 10.6 Å². The molecule has 2 N–H and O–H groups in total. The number of benzene rings is 1. The Morgan fingerprint density at radius 3 is 2.48 bits per heavy atom. The standard InChI is InChI=1S/C19H23ClN2O6S/c1-5-26-15(23)9-28-14-8-12(20)11(7-13(14)25-4)17-16(18(24)27-6-2)10(3)21-19(29)22-17/h7-8,17H,5-6,9H2,1-4H3,(H2,21,22,29)/t17-/m0/s1. The monoisotopic (exact) mass is 442 g/mol. The Hall–Kier alpha value is -2.52. The van der Waals surface area contributed by atoms with Crippen LogP contribution in [0.5, 0.6) is 11.5 Å². The van der Waals surface area contributed by atoms with E-state index in [1.807, 2.05) is 0 Å². The Kier molecular flexibility index (Phi) is 8.10. The van der Waals surface area contributed by atoms with Gasteiger partial charge in [0.25, 0.3) is 0 Å². The van der Waals surface area contributed by atoms with Gasteiger partial charge in [0.15, 0.2) is 23.2 Å². The molecule has 2 rings (SSSR count). The molecule has 0 aromatic heterocycles.